The molecule has 1 aromatic heterocycles. The zero-order valence-corrected chi connectivity index (χ0v) is 11.8. The molecule has 0 fully saturated rings. The van der Waals surface area contributed by atoms with Crippen molar-refractivity contribution >= 4 is 0 Å². The van der Waals surface area contributed by atoms with Crippen molar-refractivity contribution < 1.29 is 4.42 Å². The molecule has 0 saturated carbocycles. The molecule has 0 spiro atoms. The molecule has 0 aliphatic carbocycles. The summed E-state index contributed by atoms with van der Waals surface area (Å²) < 4.78 is 5.54. The van der Waals surface area contributed by atoms with E-state index in [1.165, 1.54) is 12.0 Å². The summed E-state index contributed by atoms with van der Waals surface area (Å²) >= 11 is 0. The van der Waals surface area contributed by atoms with Crippen LogP contribution in [0.15, 0.2) is 16.7 Å². The van der Waals surface area contributed by atoms with E-state index in [0.29, 0.717) is 12.1 Å². The van der Waals surface area contributed by atoms with E-state index in [-0.39, 0.29) is 0 Å². The Kier molecular flexibility index (Phi) is 5.72. The normalized spacial score (nSPS) is 13.6. The Morgan fingerprint density at radius 2 is 2.06 bits per heavy atom. The molecule has 1 unspecified atom stereocenters. The van der Waals surface area contributed by atoms with Gasteiger partial charge in [-0.1, -0.05) is 20.8 Å². The molecule has 1 rings (SSSR count). The maximum atomic E-state index is 5.54. The van der Waals surface area contributed by atoms with Crippen LogP contribution in [0.2, 0.25) is 0 Å². The van der Waals surface area contributed by atoms with E-state index >= 15 is 0 Å². The van der Waals surface area contributed by atoms with Crippen LogP contribution in [0.5, 0.6) is 0 Å². The molecule has 17 heavy (non-hydrogen) atoms. The summed E-state index contributed by atoms with van der Waals surface area (Å²) in [5.41, 5.74) is 1.29. The van der Waals surface area contributed by atoms with Gasteiger partial charge in [0.1, 0.15) is 5.76 Å². The SMILES string of the molecule is CCC(C)N(C)Cc1ccoc1CNC(C)C. The molecule has 0 aliphatic rings. The molecule has 1 heterocycles. The van der Waals surface area contributed by atoms with Gasteiger partial charge in [-0.05, 0) is 26.5 Å². The highest BCUT2D eigenvalue weighted by Crippen LogP contribution is 2.14. The lowest BCUT2D eigenvalue weighted by Crippen LogP contribution is -2.28. The van der Waals surface area contributed by atoms with Gasteiger partial charge in [-0.25, -0.2) is 0 Å². The molecule has 0 aliphatic heterocycles. The average Bonchev–Trinajstić information content (AvgIpc) is 2.72. The van der Waals surface area contributed by atoms with E-state index in [4.69, 9.17) is 4.42 Å². The third-order valence-corrected chi connectivity index (χ3v) is 3.27. The average molecular weight is 238 g/mol. The highest BCUT2D eigenvalue weighted by molar-refractivity contribution is 5.17. The van der Waals surface area contributed by atoms with E-state index in [2.05, 4.69) is 51.0 Å². The molecular formula is C14H26N2O. The van der Waals surface area contributed by atoms with Crippen molar-refractivity contribution in [2.75, 3.05) is 7.05 Å². The van der Waals surface area contributed by atoms with E-state index in [0.717, 1.165) is 18.8 Å². The first kappa shape index (κ1) is 14.3. The van der Waals surface area contributed by atoms with Crippen molar-refractivity contribution in [3.8, 4) is 0 Å². The van der Waals surface area contributed by atoms with Crippen molar-refractivity contribution in [2.45, 2.75) is 59.3 Å². The van der Waals surface area contributed by atoms with Gasteiger partial charge in [-0.2, -0.15) is 0 Å². The maximum absolute atomic E-state index is 5.54. The molecule has 0 aromatic carbocycles. The van der Waals surface area contributed by atoms with E-state index in [9.17, 15) is 0 Å². The zero-order chi connectivity index (χ0) is 12.8. The van der Waals surface area contributed by atoms with Crippen molar-refractivity contribution in [1.29, 1.82) is 0 Å². The summed E-state index contributed by atoms with van der Waals surface area (Å²) in [7, 11) is 2.17. The fraction of sp³-hybridized carbons (Fsp3) is 0.714. The van der Waals surface area contributed by atoms with Crippen LogP contribution < -0.4 is 5.32 Å². The number of hydrogen-bond acceptors (Lipinski definition) is 3. The van der Waals surface area contributed by atoms with Gasteiger partial charge >= 0.3 is 0 Å². The molecule has 0 bridgehead atoms. The van der Waals surface area contributed by atoms with Crippen molar-refractivity contribution in [3.63, 3.8) is 0 Å². The smallest absolute Gasteiger partial charge is 0.122 e. The van der Waals surface area contributed by atoms with Crippen LogP contribution in [0.1, 0.15) is 45.4 Å². The standard InChI is InChI=1S/C14H26N2O/c1-6-12(4)16(5)10-13-7-8-17-14(13)9-15-11(2)3/h7-8,11-12,15H,6,9-10H2,1-5H3. The minimum Gasteiger partial charge on any atom is -0.468 e. The van der Waals surface area contributed by atoms with Crippen LogP contribution in [0, 0.1) is 0 Å². The van der Waals surface area contributed by atoms with Crippen LogP contribution in [0.4, 0.5) is 0 Å². The molecule has 98 valence electrons. The first-order valence-electron chi connectivity index (χ1n) is 6.53. The van der Waals surface area contributed by atoms with Gasteiger partial charge in [0, 0.05) is 24.2 Å². The molecule has 0 amide bonds. The number of nitrogens with one attached hydrogen (secondary N) is 1. The van der Waals surface area contributed by atoms with Gasteiger partial charge in [-0.15, -0.1) is 0 Å². The summed E-state index contributed by atoms with van der Waals surface area (Å²) in [5, 5.41) is 3.39. The molecule has 0 saturated heterocycles. The van der Waals surface area contributed by atoms with Crippen molar-refractivity contribution in [3.05, 3.63) is 23.7 Å². The lowest BCUT2D eigenvalue weighted by molar-refractivity contribution is 0.241. The van der Waals surface area contributed by atoms with Gasteiger partial charge in [-0.3, -0.25) is 4.90 Å². The molecule has 1 atom stereocenters. The van der Waals surface area contributed by atoms with Crippen LogP contribution in [-0.4, -0.2) is 24.0 Å². The fourth-order valence-corrected chi connectivity index (χ4v) is 1.70. The first-order chi connectivity index (χ1) is 8.04. The molecule has 3 heteroatoms. The fourth-order valence-electron chi connectivity index (χ4n) is 1.70. The summed E-state index contributed by atoms with van der Waals surface area (Å²) in [4.78, 5) is 2.36. The molecule has 1 aromatic rings. The van der Waals surface area contributed by atoms with Crippen LogP contribution in [0.3, 0.4) is 0 Å². The molecular weight excluding hydrogens is 212 g/mol. The van der Waals surface area contributed by atoms with E-state index < -0.39 is 0 Å². The predicted molar refractivity (Wildman–Crippen MR) is 71.9 cm³/mol. The van der Waals surface area contributed by atoms with Gasteiger partial charge in [0.25, 0.3) is 0 Å². The van der Waals surface area contributed by atoms with E-state index in [1.54, 1.807) is 6.26 Å². The predicted octanol–water partition coefficient (Wildman–Crippen LogP) is 3.01. The van der Waals surface area contributed by atoms with Crippen LogP contribution in [0.25, 0.3) is 0 Å². The van der Waals surface area contributed by atoms with Gasteiger partial charge in [0.05, 0.1) is 12.8 Å². The second-order valence-electron chi connectivity index (χ2n) is 5.08. The molecule has 3 nitrogen and oxygen atoms in total. The second kappa shape index (κ2) is 6.82. The van der Waals surface area contributed by atoms with Crippen LogP contribution in [-0.2, 0) is 13.1 Å². The Balaban J connectivity index is 2.56. The number of nitrogens with zero attached hydrogens (tertiary/aromatic N) is 1. The second-order valence-corrected chi connectivity index (χ2v) is 5.08. The summed E-state index contributed by atoms with van der Waals surface area (Å²) in [6, 6.07) is 3.17. The first-order valence-corrected chi connectivity index (χ1v) is 6.53. The van der Waals surface area contributed by atoms with Crippen molar-refractivity contribution in [1.82, 2.24) is 10.2 Å². The topological polar surface area (TPSA) is 28.4 Å². The highest BCUT2D eigenvalue weighted by atomic mass is 16.3. The molecule has 1 N–H and O–H groups in total. The lowest BCUT2D eigenvalue weighted by atomic mass is 10.2. The Hall–Kier alpha value is -0.800. The Morgan fingerprint density at radius 1 is 1.35 bits per heavy atom. The van der Waals surface area contributed by atoms with Crippen LogP contribution >= 0.6 is 0 Å². The van der Waals surface area contributed by atoms with Crippen molar-refractivity contribution in [2.24, 2.45) is 0 Å². The molecule has 0 radical (unpaired) electrons. The van der Waals surface area contributed by atoms with Gasteiger partial charge in [0.2, 0.25) is 0 Å². The third kappa shape index (κ3) is 4.52. The summed E-state index contributed by atoms with van der Waals surface area (Å²) in [6.07, 6.45) is 2.96. The minimum absolute atomic E-state index is 0.486. The zero-order valence-electron chi connectivity index (χ0n) is 11.8. The van der Waals surface area contributed by atoms with E-state index in [1.807, 2.05) is 0 Å². The quantitative estimate of drug-likeness (QED) is 0.791. The Labute approximate surface area is 105 Å². The summed E-state index contributed by atoms with van der Waals surface area (Å²) in [6.45, 7) is 10.5. The van der Waals surface area contributed by atoms with Gasteiger partial charge in [0.15, 0.2) is 0 Å². The third-order valence-electron chi connectivity index (χ3n) is 3.27. The van der Waals surface area contributed by atoms with Gasteiger partial charge < -0.3 is 9.73 Å². The number of rotatable bonds is 7. The maximum Gasteiger partial charge on any atom is 0.122 e. The number of hydrogen-bond donors (Lipinski definition) is 1. The Bertz CT molecular complexity index is 320. The lowest BCUT2D eigenvalue weighted by Gasteiger charge is -2.23. The monoisotopic (exact) mass is 238 g/mol. The Morgan fingerprint density at radius 3 is 2.65 bits per heavy atom. The summed E-state index contributed by atoms with van der Waals surface area (Å²) in [5.74, 6) is 1.06. The minimum atomic E-state index is 0.486. The largest absolute Gasteiger partial charge is 0.468 e. The highest BCUT2D eigenvalue weighted by Gasteiger charge is 2.12. The number of furan rings is 1.